The van der Waals surface area contributed by atoms with Crippen molar-refractivity contribution in [3.05, 3.63) is 35.9 Å². The average molecular weight is 278 g/mol. The Hall–Kier alpha value is -2.04. The number of benzene rings is 1. The van der Waals surface area contributed by atoms with Crippen molar-refractivity contribution in [2.24, 2.45) is 5.92 Å². The first kappa shape index (κ1) is 16.0. The highest BCUT2D eigenvalue weighted by Crippen LogP contribution is 2.12. The second-order valence-corrected chi connectivity index (χ2v) is 4.86. The van der Waals surface area contributed by atoms with Gasteiger partial charge in [-0.15, -0.1) is 0 Å². The highest BCUT2D eigenvalue weighted by molar-refractivity contribution is 5.76. The van der Waals surface area contributed by atoms with Gasteiger partial charge in [0.1, 0.15) is 0 Å². The molecule has 1 aromatic rings. The van der Waals surface area contributed by atoms with Gasteiger partial charge in [0.25, 0.3) is 0 Å². The zero-order chi connectivity index (χ0) is 15.1. The van der Waals surface area contributed by atoms with Gasteiger partial charge in [-0.05, 0) is 19.4 Å². The van der Waals surface area contributed by atoms with Crippen LogP contribution in [0.15, 0.2) is 30.3 Å². The van der Waals surface area contributed by atoms with Gasteiger partial charge in [0.2, 0.25) is 0 Å². The maximum Gasteiger partial charge on any atom is 0.317 e. The molecule has 0 bridgehead atoms. The van der Waals surface area contributed by atoms with Crippen molar-refractivity contribution in [1.29, 1.82) is 0 Å². The molecule has 0 aromatic heterocycles. The van der Waals surface area contributed by atoms with Gasteiger partial charge in [-0.3, -0.25) is 4.79 Å². The minimum Gasteiger partial charge on any atom is -0.481 e. The molecule has 0 spiro atoms. The van der Waals surface area contributed by atoms with Crippen LogP contribution in [0.1, 0.15) is 32.4 Å². The molecule has 0 radical (unpaired) electrons. The van der Waals surface area contributed by atoms with Crippen LogP contribution in [-0.2, 0) is 4.79 Å². The van der Waals surface area contributed by atoms with E-state index in [2.05, 4.69) is 5.32 Å². The van der Waals surface area contributed by atoms with E-state index in [-0.39, 0.29) is 18.6 Å². The van der Waals surface area contributed by atoms with Crippen LogP contribution in [-0.4, -0.2) is 35.1 Å². The van der Waals surface area contributed by atoms with Crippen molar-refractivity contribution in [2.45, 2.75) is 26.8 Å². The topological polar surface area (TPSA) is 69.6 Å². The fourth-order valence-corrected chi connectivity index (χ4v) is 1.87. The van der Waals surface area contributed by atoms with Crippen LogP contribution in [0.25, 0.3) is 0 Å². The maximum absolute atomic E-state index is 12.1. The Morgan fingerprint density at radius 3 is 2.35 bits per heavy atom. The third-order valence-corrected chi connectivity index (χ3v) is 3.22. The van der Waals surface area contributed by atoms with Gasteiger partial charge >= 0.3 is 12.0 Å². The van der Waals surface area contributed by atoms with Crippen LogP contribution in [0.4, 0.5) is 4.79 Å². The number of nitrogens with one attached hydrogen (secondary N) is 1. The Morgan fingerprint density at radius 2 is 1.85 bits per heavy atom. The van der Waals surface area contributed by atoms with Crippen LogP contribution in [0.3, 0.4) is 0 Å². The molecule has 0 fully saturated rings. The lowest BCUT2D eigenvalue weighted by atomic mass is 10.1. The fourth-order valence-electron chi connectivity index (χ4n) is 1.87. The van der Waals surface area contributed by atoms with E-state index in [1.165, 1.54) is 4.90 Å². The Kier molecular flexibility index (Phi) is 6.03. The molecule has 0 aliphatic carbocycles. The standard InChI is InChI=1S/C15H22N2O3/c1-4-17(10-11(2)14(18)19)15(20)16-12(3)13-8-6-5-7-9-13/h5-9,11-12H,4,10H2,1-3H3,(H,16,20)(H,18,19). The van der Waals surface area contributed by atoms with Crippen LogP contribution in [0.5, 0.6) is 0 Å². The highest BCUT2D eigenvalue weighted by Gasteiger charge is 2.20. The summed E-state index contributed by atoms with van der Waals surface area (Å²) >= 11 is 0. The van der Waals surface area contributed by atoms with Crippen molar-refractivity contribution >= 4 is 12.0 Å². The summed E-state index contributed by atoms with van der Waals surface area (Å²) in [6.07, 6.45) is 0. The van der Waals surface area contributed by atoms with E-state index in [0.717, 1.165) is 5.56 Å². The Morgan fingerprint density at radius 1 is 1.25 bits per heavy atom. The summed E-state index contributed by atoms with van der Waals surface area (Å²) in [6, 6.07) is 9.30. The first-order chi connectivity index (χ1) is 9.45. The molecule has 2 atom stereocenters. The zero-order valence-electron chi connectivity index (χ0n) is 12.2. The van der Waals surface area contributed by atoms with Crippen LogP contribution < -0.4 is 5.32 Å². The van der Waals surface area contributed by atoms with E-state index in [1.54, 1.807) is 6.92 Å². The molecule has 2 unspecified atom stereocenters. The van der Waals surface area contributed by atoms with E-state index in [9.17, 15) is 9.59 Å². The number of carboxylic acid groups (broad SMARTS) is 1. The van der Waals surface area contributed by atoms with Gasteiger partial charge in [-0.2, -0.15) is 0 Å². The summed E-state index contributed by atoms with van der Waals surface area (Å²) in [6.45, 7) is 6.02. The predicted molar refractivity (Wildman–Crippen MR) is 77.4 cm³/mol. The molecule has 5 nitrogen and oxygen atoms in total. The minimum absolute atomic E-state index is 0.113. The average Bonchev–Trinajstić information content (AvgIpc) is 2.44. The number of aliphatic carboxylic acids is 1. The molecule has 1 aromatic carbocycles. The number of hydrogen-bond donors (Lipinski definition) is 2. The largest absolute Gasteiger partial charge is 0.481 e. The van der Waals surface area contributed by atoms with Crippen molar-refractivity contribution in [1.82, 2.24) is 10.2 Å². The highest BCUT2D eigenvalue weighted by atomic mass is 16.4. The molecule has 0 aliphatic rings. The van der Waals surface area contributed by atoms with Crippen molar-refractivity contribution < 1.29 is 14.7 Å². The SMILES string of the molecule is CCN(CC(C)C(=O)O)C(=O)NC(C)c1ccccc1. The minimum atomic E-state index is -0.896. The molecule has 2 N–H and O–H groups in total. The second kappa shape index (κ2) is 7.53. The first-order valence-corrected chi connectivity index (χ1v) is 6.78. The van der Waals surface area contributed by atoms with Crippen molar-refractivity contribution in [3.63, 3.8) is 0 Å². The number of carbonyl (C=O) groups is 2. The van der Waals surface area contributed by atoms with Gasteiger partial charge < -0.3 is 15.3 Å². The Balaban J connectivity index is 2.61. The van der Waals surface area contributed by atoms with Gasteiger partial charge in [0.05, 0.1) is 12.0 Å². The quantitative estimate of drug-likeness (QED) is 0.840. The molecule has 5 heteroatoms. The monoisotopic (exact) mass is 278 g/mol. The third kappa shape index (κ3) is 4.57. The Bertz CT molecular complexity index is 448. The molecule has 0 aliphatic heterocycles. The lowest BCUT2D eigenvalue weighted by molar-refractivity contribution is -0.141. The summed E-state index contributed by atoms with van der Waals surface area (Å²) < 4.78 is 0. The van der Waals surface area contributed by atoms with E-state index in [0.29, 0.717) is 6.54 Å². The first-order valence-electron chi connectivity index (χ1n) is 6.78. The lowest BCUT2D eigenvalue weighted by Gasteiger charge is -2.25. The van der Waals surface area contributed by atoms with Gasteiger partial charge in [0.15, 0.2) is 0 Å². The molecule has 0 saturated heterocycles. The predicted octanol–water partition coefficient (Wildman–Crippen LogP) is 2.50. The summed E-state index contributed by atoms with van der Waals surface area (Å²) in [5.41, 5.74) is 1.02. The Labute approximate surface area is 119 Å². The molecule has 20 heavy (non-hydrogen) atoms. The lowest BCUT2D eigenvalue weighted by Crippen LogP contribution is -2.44. The number of carboxylic acids is 1. The molecule has 0 saturated carbocycles. The number of nitrogens with zero attached hydrogens (tertiary/aromatic N) is 1. The summed E-state index contributed by atoms with van der Waals surface area (Å²) in [5, 5.41) is 11.8. The van der Waals surface area contributed by atoms with Gasteiger partial charge in [0, 0.05) is 13.1 Å². The molecule has 1 rings (SSSR count). The van der Waals surface area contributed by atoms with E-state index in [1.807, 2.05) is 44.2 Å². The summed E-state index contributed by atoms with van der Waals surface area (Å²) in [5.74, 6) is -1.47. The van der Waals surface area contributed by atoms with Crippen molar-refractivity contribution in [2.75, 3.05) is 13.1 Å². The number of carbonyl (C=O) groups excluding carboxylic acids is 1. The molecule has 0 heterocycles. The van der Waals surface area contributed by atoms with Gasteiger partial charge in [-0.1, -0.05) is 37.3 Å². The van der Waals surface area contributed by atoms with Crippen LogP contribution >= 0.6 is 0 Å². The molecule has 2 amide bonds. The van der Waals surface area contributed by atoms with Crippen LogP contribution in [0, 0.1) is 5.92 Å². The summed E-state index contributed by atoms with van der Waals surface area (Å²) in [7, 11) is 0. The number of rotatable bonds is 6. The van der Waals surface area contributed by atoms with Crippen LogP contribution in [0.2, 0.25) is 0 Å². The third-order valence-electron chi connectivity index (χ3n) is 3.22. The van der Waals surface area contributed by atoms with E-state index >= 15 is 0 Å². The van der Waals surface area contributed by atoms with Gasteiger partial charge in [-0.25, -0.2) is 4.79 Å². The molecule has 110 valence electrons. The number of hydrogen-bond acceptors (Lipinski definition) is 2. The fraction of sp³-hybridized carbons (Fsp3) is 0.467. The number of amides is 2. The van der Waals surface area contributed by atoms with E-state index < -0.39 is 11.9 Å². The van der Waals surface area contributed by atoms with Crippen molar-refractivity contribution in [3.8, 4) is 0 Å². The normalized spacial score (nSPS) is 13.3. The maximum atomic E-state index is 12.1. The zero-order valence-corrected chi connectivity index (χ0v) is 12.2. The number of urea groups is 1. The smallest absolute Gasteiger partial charge is 0.317 e. The van der Waals surface area contributed by atoms with E-state index in [4.69, 9.17) is 5.11 Å². The summed E-state index contributed by atoms with van der Waals surface area (Å²) in [4.78, 5) is 24.5. The molecular weight excluding hydrogens is 256 g/mol. The molecular formula is C15H22N2O3. The second-order valence-electron chi connectivity index (χ2n) is 4.86.